The Kier molecular flexibility index (Phi) is 2.73. The number of carbonyl (C=O) groups excluding carboxylic acids is 1. The van der Waals surface area contributed by atoms with E-state index in [9.17, 15) is 9.90 Å². The topological polar surface area (TPSA) is 58.6 Å². The molecule has 0 radical (unpaired) electrons. The molecule has 0 aromatic rings. The van der Waals surface area contributed by atoms with Crippen molar-refractivity contribution in [2.45, 2.75) is 38.2 Å². The van der Waals surface area contributed by atoms with E-state index >= 15 is 0 Å². The maximum atomic E-state index is 11.6. The Hall–Kier alpha value is -0.610. The summed E-state index contributed by atoms with van der Waals surface area (Å²) in [5.41, 5.74) is -0.949. The maximum absolute atomic E-state index is 11.6. The van der Waals surface area contributed by atoms with Gasteiger partial charge in [0.2, 0.25) is 0 Å². The van der Waals surface area contributed by atoms with Crippen LogP contribution in [0.25, 0.3) is 0 Å². The first-order chi connectivity index (χ1) is 7.10. The quantitative estimate of drug-likeness (QED) is 0.712. The third-order valence-electron chi connectivity index (χ3n) is 3.89. The normalized spacial score (nSPS) is 26.3. The number of hydrogen-bond acceptors (Lipinski definition) is 3. The third kappa shape index (κ3) is 1.88. The van der Waals surface area contributed by atoms with Gasteiger partial charge in [-0.25, -0.2) is 0 Å². The molecule has 4 heteroatoms. The summed E-state index contributed by atoms with van der Waals surface area (Å²) in [5, 5.41) is 12.6. The van der Waals surface area contributed by atoms with Crippen molar-refractivity contribution in [2.75, 3.05) is 19.8 Å². The van der Waals surface area contributed by atoms with Crippen molar-refractivity contribution in [1.82, 2.24) is 5.32 Å². The van der Waals surface area contributed by atoms with Gasteiger partial charge in [-0.3, -0.25) is 4.79 Å². The first-order valence-corrected chi connectivity index (χ1v) is 5.69. The van der Waals surface area contributed by atoms with E-state index in [1.807, 2.05) is 0 Å². The molecule has 1 aliphatic heterocycles. The fraction of sp³-hybridized carbons (Fsp3) is 0.909. The molecule has 2 rings (SSSR count). The van der Waals surface area contributed by atoms with Crippen LogP contribution in [0.4, 0.5) is 0 Å². The lowest BCUT2D eigenvalue weighted by molar-refractivity contribution is -0.191. The highest BCUT2D eigenvalue weighted by Crippen LogP contribution is 2.43. The van der Waals surface area contributed by atoms with Crippen molar-refractivity contribution in [2.24, 2.45) is 5.41 Å². The number of carbonyl (C=O) groups is 1. The lowest BCUT2D eigenvalue weighted by atomic mass is 9.67. The average Bonchev–Trinajstić information content (AvgIpc) is 2.13. The van der Waals surface area contributed by atoms with Gasteiger partial charge in [0.05, 0.1) is 13.2 Å². The number of nitrogens with one attached hydrogen (secondary N) is 1. The van der Waals surface area contributed by atoms with Gasteiger partial charge in [0, 0.05) is 6.54 Å². The van der Waals surface area contributed by atoms with Gasteiger partial charge in [-0.2, -0.15) is 0 Å². The number of hydrogen-bond donors (Lipinski definition) is 2. The van der Waals surface area contributed by atoms with Gasteiger partial charge < -0.3 is 15.2 Å². The molecule has 15 heavy (non-hydrogen) atoms. The molecule has 2 N–H and O–H groups in total. The first kappa shape index (κ1) is 10.9. The highest BCUT2D eigenvalue weighted by Gasteiger charge is 2.45. The predicted molar refractivity (Wildman–Crippen MR) is 55.4 cm³/mol. The van der Waals surface area contributed by atoms with Crippen molar-refractivity contribution >= 4 is 5.91 Å². The molecule has 0 aromatic heterocycles. The van der Waals surface area contributed by atoms with E-state index in [1.165, 1.54) is 19.3 Å². The van der Waals surface area contributed by atoms with Crippen molar-refractivity contribution in [1.29, 1.82) is 0 Å². The zero-order chi connectivity index (χ0) is 10.9. The molecule has 1 amide bonds. The molecule has 4 nitrogen and oxygen atoms in total. The Bertz CT molecular complexity index is 251. The van der Waals surface area contributed by atoms with Crippen LogP contribution in [0.1, 0.15) is 32.6 Å². The summed E-state index contributed by atoms with van der Waals surface area (Å²) in [6, 6.07) is 0. The second-order valence-electron chi connectivity index (χ2n) is 4.91. The monoisotopic (exact) mass is 213 g/mol. The minimum Gasteiger partial charge on any atom is -0.376 e. The number of ether oxygens (including phenoxy) is 1. The smallest absolute Gasteiger partial charge is 0.256 e. The van der Waals surface area contributed by atoms with Gasteiger partial charge in [-0.1, -0.05) is 13.3 Å². The SMILES string of the molecule is CCC1(CNC(=O)C2(O)COC2)CCC1. The van der Waals surface area contributed by atoms with Crippen molar-refractivity contribution < 1.29 is 14.6 Å². The Morgan fingerprint density at radius 1 is 1.47 bits per heavy atom. The van der Waals surface area contributed by atoms with Crippen LogP contribution in [0.2, 0.25) is 0 Å². The van der Waals surface area contributed by atoms with E-state index in [1.54, 1.807) is 0 Å². The second-order valence-corrected chi connectivity index (χ2v) is 4.91. The van der Waals surface area contributed by atoms with Gasteiger partial charge >= 0.3 is 0 Å². The van der Waals surface area contributed by atoms with Crippen molar-refractivity contribution in [3.05, 3.63) is 0 Å². The minimum absolute atomic E-state index is 0.137. The average molecular weight is 213 g/mol. The number of amides is 1. The molecular weight excluding hydrogens is 194 g/mol. The summed E-state index contributed by atoms with van der Waals surface area (Å²) >= 11 is 0. The van der Waals surface area contributed by atoms with Gasteiger partial charge in [0.15, 0.2) is 5.60 Å². The van der Waals surface area contributed by atoms with Gasteiger partial charge in [-0.05, 0) is 24.7 Å². The fourth-order valence-corrected chi connectivity index (χ4v) is 2.19. The molecule has 1 aliphatic carbocycles. The van der Waals surface area contributed by atoms with Crippen LogP contribution in [0.15, 0.2) is 0 Å². The van der Waals surface area contributed by atoms with Crippen molar-refractivity contribution in [3.8, 4) is 0 Å². The van der Waals surface area contributed by atoms with Crippen LogP contribution in [0.3, 0.4) is 0 Å². The van der Waals surface area contributed by atoms with Gasteiger partial charge in [0.25, 0.3) is 5.91 Å². The second kappa shape index (κ2) is 3.76. The largest absolute Gasteiger partial charge is 0.376 e. The molecule has 0 atom stereocenters. The molecular formula is C11H19NO3. The highest BCUT2D eigenvalue weighted by molar-refractivity contribution is 5.86. The molecule has 0 spiro atoms. The molecule has 1 saturated heterocycles. The minimum atomic E-state index is -1.25. The summed E-state index contributed by atoms with van der Waals surface area (Å²) < 4.78 is 4.85. The predicted octanol–water partition coefficient (Wildman–Crippen LogP) is 0.444. The van der Waals surface area contributed by atoms with E-state index in [0.29, 0.717) is 12.0 Å². The molecule has 1 heterocycles. The Balaban J connectivity index is 1.80. The zero-order valence-electron chi connectivity index (χ0n) is 9.21. The van der Waals surface area contributed by atoms with Gasteiger partial charge in [-0.15, -0.1) is 0 Å². The lowest BCUT2D eigenvalue weighted by Gasteiger charge is -2.42. The van der Waals surface area contributed by atoms with Crippen LogP contribution < -0.4 is 5.32 Å². The standard InChI is InChI=1S/C11H19NO3/c1-2-10(4-3-5-10)6-12-9(13)11(14)7-15-8-11/h14H,2-8H2,1H3,(H,12,13). The molecule has 0 unspecified atom stereocenters. The fourth-order valence-electron chi connectivity index (χ4n) is 2.19. The van der Waals surface area contributed by atoms with Crippen LogP contribution in [-0.2, 0) is 9.53 Å². The summed E-state index contributed by atoms with van der Waals surface area (Å²) in [5.74, 6) is -0.270. The number of aliphatic hydroxyl groups is 1. The van der Waals surface area contributed by atoms with Crippen LogP contribution in [0.5, 0.6) is 0 Å². The van der Waals surface area contributed by atoms with E-state index < -0.39 is 5.60 Å². The first-order valence-electron chi connectivity index (χ1n) is 5.69. The summed E-state index contributed by atoms with van der Waals surface area (Å²) in [6.07, 6.45) is 4.75. The van der Waals surface area contributed by atoms with Crippen LogP contribution in [-0.4, -0.2) is 36.4 Å². The Morgan fingerprint density at radius 3 is 2.47 bits per heavy atom. The molecule has 0 aromatic carbocycles. The maximum Gasteiger partial charge on any atom is 0.256 e. The van der Waals surface area contributed by atoms with E-state index in [-0.39, 0.29) is 19.1 Å². The van der Waals surface area contributed by atoms with Gasteiger partial charge in [0.1, 0.15) is 0 Å². The zero-order valence-corrected chi connectivity index (χ0v) is 9.21. The molecule has 0 bridgehead atoms. The molecule has 2 fully saturated rings. The Labute approximate surface area is 90.0 Å². The lowest BCUT2D eigenvalue weighted by Crippen LogP contribution is -2.61. The highest BCUT2D eigenvalue weighted by atomic mass is 16.5. The summed E-state index contributed by atoms with van der Waals surface area (Å²) in [7, 11) is 0. The van der Waals surface area contributed by atoms with E-state index in [4.69, 9.17) is 4.74 Å². The van der Waals surface area contributed by atoms with Crippen LogP contribution in [0, 0.1) is 5.41 Å². The number of rotatable bonds is 4. The van der Waals surface area contributed by atoms with Crippen molar-refractivity contribution in [3.63, 3.8) is 0 Å². The Morgan fingerprint density at radius 2 is 2.13 bits per heavy atom. The van der Waals surface area contributed by atoms with E-state index in [2.05, 4.69) is 12.2 Å². The molecule has 86 valence electrons. The summed E-state index contributed by atoms with van der Waals surface area (Å²) in [4.78, 5) is 11.6. The summed E-state index contributed by atoms with van der Waals surface area (Å²) in [6.45, 7) is 3.13. The molecule has 2 aliphatic rings. The molecule has 1 saturated carbocycles. The van der Waals surface area contributed by atoms with Crippen LogP contribution >= 0.6 is 0 Å². The van der Waals surface area contributed by atoms with E-state index in [0.717, 1.165) is 6.42 Å². The third-order valence-corrected chi connectivity index (χ3v) is 3.89.